The Hall–Kier alpha value is -1.06. The molecular weight excluding hydrogens is 220 g/mol. The predicted octanol–water partition coefficient (Wildman–Crippen LogP) is 2.70. The Morgan fingerprint density at radius 1 is 1.00 bits per heavy atom. The summed E-state index contributed by atoms with van der Waals surface area (Å²) in [5.74, 6) is -0.858. The van der Waals surface area contributed by atoms with Crippen LogP contribution in [-0.4, -0.2) is 24.6 Å². The lowest BCUT2D eigenvalue weighted by Gasteiger charge is -2.17. The van der Waals surface area contributed by atoms with E-state index < -0.39 is 12.1 Å². The van der Waals surface area contributed by atoms with Crippen molar-refractivity contribution in [1.82, 2.24) is 0 Å². The summed E-state index contributed by atoms with van der Waals surface area (Å²) in [4.78, 5) is 23.1. The zero-order chi connectivity index (χ0) is 13.3. The molecule has 0 aliphatic carbocycles. The van der Waals surface area contributed by atoms with Crippen molar-refractivity contribution in [3.63, 3.8) is 0 Å². The van der Waals surface area contributed by atoms with Crippen LogP contribution in [0.3, 0.4) is 0 Å². The lowest BCUT2D eigenvalue weighted by Crippen LogP contribution is -2.29. The van der Waals surface area contributed by atoms with Gasteiger partial charge in [-0.1, -0.05) is 26.7 Å². The molecule has 4 nitrogen and oxygen atoms in total. The monoisotopic (exact) mass is 244 g/mol. The highest BCUT2D eigenvalue weighted by atomic mass is 16.6. The van der Waals surface area contributed by atoms with Crippen molar-refractivity contribution in [1.29, 1.82) is 0 Å². The summed E-state index contributed by atoms with van der Waals surface area (Å²) in [5.41, 5.74) is 0. The van der Waals surface area contributed by atoms with Gasteiger partial charge in [0.1, 0.15) is 0 Å². The summed E-state index contributed by atoms with van der Waals surface area (Å²) >= 11 is 0. The molecule has 0 saturated heterocycles. The van der Waals surface area contributed by atoms with E-state index >= 15 is 0 Å². The molecule has 0 radical (unpaired) electrons. The SMILES string of the molecule is CCCC(CCC)C(=O)OC(C)C(=O)OCC. The minimum atomic E-state index is -0.807. The Morgan fingerprint density at radius 3 is 1.94 bits per heavy atom. The number of hydrogen-bond donors (Lipinski definition) is 0. The van der Waals surface area contributed by atoms with Crippen LogP contribution in [0, 0.1) is 5.92 Å². The van der Waals surface area contributed by atoms with Crippen LogP contribution in [0.2, 0.25) is 0 Å². The molecule has 4 heteroatoms. The van der Waals surface area contributed by atoms with Crippen molar-refractivity contribution in [2.75, 3.05) is 6.61 Å². The molecule has 0 bridgehead atoms. The molecule has 1 unspecified atom stereocenters. The molecular formula is C13H24O4. The molecule has 0 N–H and O–H groups in total. The third-order valence-corrected chi connectivity index (χ3v) is 2.52. The fourth-order valence-corrected chi connectivity index (χ4v) is 1.66. The molecule has 0 aromatic heterocycles. The second kappa shape index (κ2) is 9.02. The van der Waals surface area contributed by atoms with Gasteiger partial charge in [-0.3, -0.25) is 4.79 Å². The second-order valence-electron chi connectivity index (χ2n) is 4.11. The molecule has 17 heavy (non-hydrogen) atoms. The highest BCUT2D eigenvalue weighted by molar-refractivity contribution is 5.80. The number of carbonyl (C=O) groups is 2. The van der Waals surface area contributed by atoms with Crippen molar-refractivity contribution in [3.05, 3.63) is 0 Å². The van der Waals surface area contributed by atoms with Crippen LogP contribution in [0.15, 0.2) is 0 Å². The summed E-state index contributed by atoms with van der Waals surface area (Å²) in [6, 6.07) is 0. The van der Waals surface area contributed by atoms with Crippen LogP contribution in [0.5, 0.6) is 0 Å². The van der Waals surface area contributed by atoms with E-state index in [1.807, 2.05) is 13.8 Å². The molecule has 0 aromatic carbocycles. The van der Waals surface area contributed by atoms with Crippen LogP contribution in [0.25, 0.3) is 0 Å². The fourth-order valence-electron chi connectivity index (χ4n) is 1.66. The fraction of sp³-hybridized carbons (Fsp3) is 0.846. The Labute approximate surface area is 104 Å². The Kier molecular flexibility index (Phi) is 8.46. The summed E-state index contributed by atoms with van der Waals surface area (Å²) in [5, 5.41) is 0. The van der Waals surface area contributed by atoms with Gasteiger partial charge in [-0.25, -0.2) is 4.79 Å². The minimum Gasteiger partial charge on any atom is -0.463 e. The largest absolute Gasteiger partial charge is 0.463 e. The predicted molar refractivity (Wildman–Crippen MR) is 65.5 cm³/mol. The first-order valence-corrected chi connectivity index (χ1v) is 6.43. The third-order valence-electron chi connectivity index (χ3n) is 2.52. The normalized spacial score (nSPS) is 12.3. The topological polar surface area (TPSA) is 52.6 Å². The van der Waals surface area contributed by atoms with Crippen LogP contribution < -0.4 is 0 Å². The molecule has 100 valence electrons. The van der Waals surface area contributed by atoms with E-state index in [-0.39, 0.29) is 11.9 Å². The molecule has 0 aliphatic rings. The smallest absolute Gasteiger partial charge is 0.347 e. The lowest BCUT2D eigenvalue weighted by atomic mass is 9.98. The van der Waals surface area contributed by atoms with Crippen LogP contribution in [0.1, 0.15) is 53.4 Å². The van der Waals surface area contributed by atoms with Gasteiger partial charge in [0.25, 0.3) is 0 Å². The van der Waals surface area contributed by atoms with E-state index in [4.69, 9.17) is 9.47 Å². The van der Waals surface area contributed by atoms with Crippen LogP contribution in [-0.2, 0) is 19.1 Å². The molecule has 0 aromatic rings. The Bertz CT molecular complexity index is 232. The Morgan fingerprint density at radius 2 is 1.53 bits per heavy atom. The molecule has 0 spiro atoms. The quantitative estimate of drug-likeness (QED) is 0.616. The van der Waals surface area contributed by atoms with Gasteiger partial charge in [0.2, 0.25) is 0 Å². The highest BCUT2D eigenvalue weighted by Crippen LogP contribution is 2.16. The number of hydrogen-bond acceptors (Lipinski definition) is 4. The van der Waals surface area contributed by atoms with E-state index in [9.17, 15) is 9.59 Å². The van der Waals surface area contributed by atoms with Gasteiger partial charge >= 0.3 is 11.9 Å². The summed E-state index contributed by atoms with van der Waals surface area (Å²) in [7, 11) is 0. The molecule has 0 fully saturated rings. The highest BCUT2D eigenvalue weighted by Gasteiger charge is 2.24. The summed E-state index contributed by atoms with van der Waals surface area (Å²) in [6.45, 7) is 7.64. The number of carbonyl (C=O) groups excluding carboxylic acids is 2. The molecule has 0 saturated carbocycles. The standard InChI is InChI=1S/C13H24O4/c1-5-8-11(9-6-2)13(15)17-10(4)12(14)16-7-3/h10-11H,5-9H2,1-4H3. The van der Waals surface area contributed by atoms with E-state index in [0.717, 1.165) is 25.7 Å². The average Bonchev–Trinajstić information content (AvgIpc) is 2.28. The van der Waals surface area contributed by atoms with E-state index in [1.54, 1.807) is 13.8 Å². The molecule has 0 rings (SSSR count). The maximum absolute atomic E-state index is 11.8. The maximum atomic E-state index is 11.8. The third kappa shape index (κ3) is 6.29. The van der Waals surface area contributed by atoms with Gasteiger partial charge in [-0.2, -0.15) is 0 Å². The first-order valence-electron chi connectivity index (χ1n) is 6.43. The number of ether oxygens (including phenoxy) is 2. The van der Waals surface area contributed by atoms with Crippen LogP contribution in [0.4, 0.5) is 0 Å². The Balaban J connectivity index is 4.23. The van der Waals surface area contributed by atoms with E-state index in [0.29, 0.717) is 6.61 Å². The minimum absolute atomic E-state index is 0.0955. The summed E-state index contributed by atoms with van der Waals surface area (Å²) < 4.78 is 9.91. The van der Waals surface area contributed by atoms with Gasteiger partial charge in [0.05, 0.1) is 12.5 Å². The van der Waals surface area contributed by atoms with Crippen LogP contribution >= 0.6 is 0 Å². The maximum Gasteiger partial charge on any atom is 0.347 e. The zero-order valence-corrected chi connectivity index (χ0v) is 11.3. The number of rotatable bonds is 8. The van der Waals surface area contributed by atoms with Crippen molar-refractivity contribution in [2.45, 2.75) is 59.5 Å². The van der Waals surface area contributed by atoms with E-state index in [1.165, 1.54) is 0 Å². The van der Waals surface area contributed by atoms with E-state index in [2.05, 4.69) is 0 Å². The molecule has 1 atom stereocenters. The van der Waals surface area contributed by atoms with Crippen molar-refractivity contribution in [2.24, 2.45) is 5.92 Å². The van der Waals surface area contributed by atoms with Gasteiger partial charge in [0, 0.05) is 0 Å². The first-order chi connectivity index (χ1) is 8.06. The van der Waals surface area contributed by atoms with Crippen molar-refractivity contribution < 1.29 is 19.1 Å². The lowest BCUT2D eigenvalue weighted by molar-refractivity contribution is -0.169. The van der Waals surface area contributed by atoms with Gasteiger partial charge in [-0.15, -0.1) is 0 Å². The first kappa shape index (κ1) is 15.9. The van der Waals surface area contributed by atoms with Crippen molar-refractivity contribution >= 4 is 11.9 Å². The average molecular weight is 244 g/mol. The van der Waals surface area contributed by atoms with Crippen molar-refractivity contribution in [3.8, 4) is 0 Å². The zero-order valence-electron chi connectivity index (χ0n) is 11.3. The molecule has 0 aliphatic heterocycles. The molecule has 0 amide bonds. The second-order valence-corrected chi connectivity index (χ2v) is 4.11. The number of esters is 2. The van der Waals surface area contributed by atoms with Gasteiger partial charge in [-0.05, 0) is 26.7 Å². The molecule has 0 heterocycles. The van der Waals surface area contributed by atoms with Gasteiger partial charge < -0.3 is 9.47 Å². The van der Waals surface area contributed by atoms with Gasteiger partial charge in [0.15, 0.2) is 6.10 Å². The summed E-state index contributed by atoms with van der Waals surface area (Å²) in [6.07, 6.45) is 2.68.